The van der Waals surface area contributed by atoms with Gasteiger partial charge in [-0.15, -0.1) is 0 Å². The van der Waals surface area contributed by atoms with E-state index in [-0.39, 0.29) is 11.4 Å². The maximum atomic E-state index is 12.8. The lowest BCUT2D eigenvalue weighted by Gasteiger charge is -2.48. The molecule has 3 rings (SSSR count). The van der Waals surface area contributed by atoms with E-state index in [2.05, 4.69) is 40.8 Å². The number of rotatable bonds is 7. The van der Waals surface area contributed by atoms with Gasteiger partial charge in [-0.05, 0) is 32.6 Å². The van der Waals surface area contributed by atoms with E-state index in [9.17, 15) is 4.79 Å². The zero-order valence-corrected chi connectivity index (χ0v) is 18.2. The van der Waals surface area contributed by atoms with Crippen molar-refractivity contribution in [2.24, 2.45) is 5.92 Å². The molecule has 2 heterocycles. The fourth-order valence-electron chi connectivity index (χ4n) is 4.85. The molecule has 0 atom stereocenters. The normalized spacial score (nSPS) is 20.5. The molecular weight excluding hydrogens is 352 g/mol. The van der Waals surface area contributed by atoms with Crippen molar-refractivity contribution in [2.45, 2.75) is 78.3 Å². The number of aryl methyl sites for hydroxylation is 1. The average molecular weight is 391 g/mol. The molecule has 1 saturated carbocycles. The van der Waals surface area contributed by atoms with E-state index < -0.39 is 0 Å². The van der Waals surface area contributed by atoms with Crippen molar-refractivity contribution in [3.05, 3.63) is 17.0 Å². The zero-order chi connectivity index (χ0) is 20.1. The van der Waals surface area contributed by atoms with Crippen LogP contribution in [-0.2, 0) is 22.5 Å². The lowest BCUT2D eigenvalue weighted by atomic mass is 9.79. The number of morpholine rings is 1. The summed E-state index contributed by atoms with van der Waals surface area (Å²) in [5.74, 6) is 0.660. The minimum Gasteiger partial charge on any atom is -0.379 e. The fourth-order valence-corrected chi connectivity index (χ4v) is 4.85. The summed E-state index contributed by atoms with van der Waals surface area (Å²) in [5, 5.41) is 7.94. The van der Waals surface area contributed by atoms with Crippen molar-refractivity contribution in [1.82, 2.24) is 20.0 Å². The third-order valence-corrected chi connectivity index (χ3v) is 6.49. The molecule has 1 aliphatic carbocycles. The highest BCUT2D eigenvalue weighted by Crippen LogP contribution is 2.34. The summed E-state index contributed by atoms with van der Waals surface area (Å²) < 4.78 is 7.61. The standard InChI is InChI=1S/C22H38N4O2/c1-17(2)15-26-19(4)20(18(3)24-26)14-21(27)23-16-22(8-6-5-7-9-22)25-10-12-28-13-11-25/h17H,5-16H2,1-4H3,(H,23,27). The Morgan fingerprint density at radius 2 is 1.86 bits per heavy atom. The van der Waals surface area contributed by atoms with Crippen LogP contribution in [0.15, 0.2) is 0 Å². The van der Waals surface area contributed by atoms with Gasteiger partial charge in [-0.2, -0.15) is 5.10 Å². The van der Waals surface area contributed by atoms with Crippen LogP contribution in [0.5, 0.6) is 0 Å². The van der Waals surface area contributed by atoms with Crippen LogP contribution in [-0.4, -0.2) is 59.0 Å². The van der Waals surface area contributed by atoms with Crippen molar-refractivity contribution >= 4 is 5.91 Å². The Morgan fingerprint density at radius 1 is 1.18 bits per heavy atom. The Morgan fingerprint density at radius 3 is 2.50 bits per heavy atom. The molecule has 1 aromatic heterocycles. The molecule has 2 fully saturated rings. The highest BCUT2D eigenvalue weighted by molar-refractivity contribution is 5.79. The summed E-state index contributed by atoms with van der Waals surface area (Å²) in [7, 11) is 0. The third kappa shape index (κ3) is 4.95. The van der Waals surface area contributed by atoms with Gasteiger partial charge >= 0.3 is 0 Å². The van der Waals surface area contributed by atoms with E-state index in [4.69, 9.17) is 4.74 Å². The molecule has 2 aliphatic rings. The molecular formula is C22H38N4O2. The predicted molar refractivity (Wildman–Crippen MR) is 111 cm³/mol. The number of carbonyl (C=O) groups excluding carboxylic acids is 1. The molecule has 1 amide bonds. The highest BCUT2D eigenvalue weighted by atomic mass is 16.5. The number of hydrogen-bond acceptors (Lipinski definition) is 4. The van der Waals surface area contributed by atoms with Gasteiger partial charge < -0.3 is 10.1 Å². The van der Waals surface area contributed by atoms with Crippen molar-refractivity contribution < 1.29 is 9.53 Å². The lowest BCUT2D eigenvalue weighted by molar-refractivity contribution is -0.121. The largest absolute Gasteiger partial charge is 0.379 e. The summed E-state index contributed by atoms with van der Waals surface area (Å²) in [5.41, 5.74) is 3.31. The van der Waals surface area contributed by atoms with Gasteiger partial charge in [0.1, 0.15) is 0 Å². The molecule has 1 saturated heterocycles. The van der Waals surface area contributed by atoms with Crippen LogP contribution in [0.2, 0.25) is 0 Å². The van der Waals surface area contributed by atoms with Gasteiger partial charge in [0.2, 0.25) is 5.91 Å². The SMILES string of the molecule is Cc1nn(CC(C)C)c(C)c1CC(=O)NCC1(N2CCOCC2)CCCCC1. The molecule has 28 heavy (non-hydrogen) atoms. The molecule has 0 aromatic carbocycles. The highest BCUT2D eigenvalue weighted by Gasteiger charge is 2.38. The van der Waals surface area contributed by atoms with Gasteiger partial charge in [-0.25, -0.2) is 0 Å². The van der Waals surface area contributed by atoms with Gasteiger partial charge in [0.05, 0.1) is 25.3 Å². The van der Waals surface area contributed by atoms with Gasteiger partial charge in [0, 0.05) is 43.0 Å². The summed E-state index contributed by atoms with van der Waals surface area (Å²) in [6.45, 7) is 13.7. The van der Waals surface area contributed by atoms with Crippen LogP contribution in [0.3, 0.4) is 0 Å². The smallest absolute Gasteiger partial charge is 0.224 e. The number of ether oxygens (including phenoxy) is 1. The first kappa shape index (κ1) is 21.3. The molecule has 6 nitrogen and oxygen atoms in total. The quantitative estimate of drug-likeness (QED) is 0.778. The van der Waals surface area contributed by atoms with Crippen LogP contribution in [0, 0.1) is 19.8 Å². The van der Waals surface area contributed by atoms with E-state index in [1.54, 1.807) is 0 Å². The maximum Gasteiger partial charge on any atom is 0.224 e. The number of nitrogens with zero attached hydrogens (tertiary/aromatic N) is 3. The van der Waals surface area contributed by atoms with Gasteiger partial charge in [-0.1, -0.05) is 33.1 Å². The Balaban J connectivity index is 1.63. The molecule has 1 N–H and O–H groups in total. The van der Waals surface area contributed by atoms with Crippen molar-refractivity contribution in [2.75, 3.05) is 32.8 Å². The third-order valence-electron chi connectivity index (χ3n) is 6.49. The Kier molecular flexibility index (Phi) is 7.15. The Hall–Kier alpha value is -1.40. The van der Waals surface area contributed by atoms with Crippen molar-refractivity contribution in [1.29, 1.82) is 0 Å². The second-order valence-corrected chi connectivity index (χ2v) is 9.06. The number of aromatic nitrogens is 2. The molecule has 1 aromatic rings. The second kappa shape index (κ2) is 9.40. The van der Waals surface area contributed by atoms with Gasteiger partial charge in [0.15, 0.2) is 0 Å². The van der Waals surface area contributed by atoms with E-state index in [1.807, 2.05) is 6.92 Å². The number of nitrogens with one attached hydrogen (secondary N) is 1. The first-order valence-electron chi connectivity index (χ1n) is 11.0. The minimum absolute atomic E-state index is 0.115. The number of carbonyl (C=O) groups is 1. The monoisotopic (exact) mass is 390 g/mol. The zero-order valence-electron chi connectivity index (χ0n) is 18.2. The molecule has 6 heteroatoms. The van der Waals surface area contributed by atoms with Gasteiger partial charge in [0.25, 0.3) is 0 Å². The van der Waals surface area contributed by atoms with Crippen molar-refractivity contribution in [3.63, 3.8) is 0 Å². The maximum absolute atomic E-state index is 12.8. The predicted octanol–water partition coefficient (Wildman–Crippen LogP) is 2.85. The first-order valence-corrected chi connectivity index (χ1v) is 11.0. The van der Waals surface area contributed by atoms with Crippen LogP contribution >= 0.6 is 0 Å². The number of hydrogen-bond donors (Lipinski definition) is 1. The molecule has 0 radical (unpaired) electrons. The number of amides is 1. The lowest BCUT2D eigenvalue weighted by Crippen LogP contribution is -2.59. The minimum atomic E-state index is 0.115. The Bertz CT molecular complexity index is 656. The molecule has 158 valence electrons. The van der Waals surface area contributed by atoms with E-state index in [1.165, 1.54) is 32.1 Å². The first-order chi connectivity index (χ1) is 13.4. The molecule has 0 unspecified atom stereocenters. The molecule has 0 bridgehead atoms. The van der Waals surface area contributed by atoms with Crippen LogP contribution in [0.1, 0.15) is 62.9 Å². The van der Waals surface area contributed by atoms with E-state index in [0.29, 0.717) is 12.3 Å². The van der Waals surface area contributed by atoms with Crippen LogP contribution in [0.4, 0.5) is 0 Å². The van der Waals surface area contributed by atoms with Gasteiger partial charge in [-0.3, -0.25) is 14.4 Å². The summed E-state index contributed by atoms with van der Waals surface area (Å²) in [6, 6.07) is 0. The summed E-state index contributed by atoms with van der Waals surface area (Å²) >= 11 is 0. The Labute approximate surface area is 170 Å². The van der Waals surface area contributed by atoms with Crippen molar-refractivity contribution in [3.8, 4) is 0 Å². The van der Waals surface area contributed by atoms with E-state index in [0.717, 1.165) is 56.3 Å². The molecule has 1 aliphatic heterocycles. The topological polar surface area (TPSA) is 59.4 Å². The second-order valence-electron chi connectivity index (χ2n) is 9.06. The fraction of sp³-hybridized carbons (Fsp3) is 0.818. The summed E-state index contributed by atoms with van der Waals surface area (Å²) in [6.07, 6.45) is 6.61. The summed E-state index contributed by atoms with van der Waals surface area (Å²) in [4.78, 5) is 15.4. The van der Waals surface area contributed by atoms with E-state index >= 15 is 0 Å². The molecule has 0 spiro atoms. The van der Waals surface area contributed by atoms with Crippen LogP contribution < -0.4 is 5.32 Å². The van der Waals surface area contributed by atoms with Crippen LogP contribution in [0.25, 0.3) is 0 Å². The average Bonchev–Trinajstić information content (AvgIpc) is 2.94.